The fraction of sp³-hybridized carbons (Fsp3) is 0.966. The third-order valence-corrected chi connectivity index (χ3v) is 14.2. The van der Waals surface area contributed by atoms with Gasteiger partial charge in [0.25, 0.3) is 0 Å². The van der Waals surface area contributed by atoms with Crippen LogP contribution in [0.15, 0.2) is 4.99 Å². The summed E-state index contributed by atoms with van der Waals surface area (Å²) >= 11 is 0. The molecule has 0 N–H and O–H groups in total. The van der Waals surface area contributed by atoms with Gasteiger partial charge < -0.3 is 9.80 Å². The molecule has 9 fully saturated rings. The Bertz CT molecular complexity index is 919. The highest BCUT2D eigenvalue weighted by molar-refractivity contribution is 6.66. The molecule has 0 aromatic carbocycles. The molecule has 14 atom stereocenters. The summed E-state index contributed by atoms with van der Waals surface area (Å²) in [5.74, 6) is 11.3. The standard InChI is InChI=1S/C29H42BN3/c1-2-11-21-20(10-1)31-29-32(21)22-12-3-6-15-14-19-18-8-4-7-16-17-9-5-13-23-26(17)30(25(16)18)27(19)28(24(15)22)33(23)29/h15-28H,1-14H2. The van der Waals surface area contributed by atoms with Crippen LogP contribution in [-0.2, 0) is 0 Å². The summed E-state index contributed by atoms with van der Waals surface area (Å²) < 4.78 is 0. The molecule has 10 aliphatic rings. The second-order valence-electron chi connectivity index (χ2n) is 14.6. The molecule has 5 aliphatic carbocycles. The number of rotatable bonds is 0. The van der Waals surface area contributed by atoms with E-state index in [1.54, 1.807) is 44.5 Å². The Morgan fingerprint density at radius 2 is 1.33 bits per heavy atom. The third-order valence-electron chi connectivity index (χ3n) is 14.2. The molecule has 0 bridgehead atoms. The van der Waals surface area contributed by atoms with Crippen molar-refractivity contribution in [3.05, 3.63) is 0 Å². The first-order chi connectivity index (χ1) is 16.4. The van der Waals surface area contributed by atoms with Gasteiger partial charge >= 0.3 is 0 Å². The van der Waals surface area contributed by atoms with Gasteiger partial charge in [0.05, 0.1) is 12.1 Å². The van der Waals surface area contributed by atoms with Crippen molar-refractivity contribution < 1.29 is 0 Å². The number of fused-ring (bicyclic) bond motifs is 8. The lowest BCUT2D eigenvalue weighted by molar-refractivity contribution is -0.0810. The van der Waals surface area contributed by atoms with Gasteiger partial charge in [-0.1, -0.05) is 57.2 Å². The number of hydrogen-bond acceptors (Lipinski definition) is 3. The predicted octanol–water partition coefficient (Wildman–Crippen LogP) is 5.69. The van der Waals surface area contributed by atoms with Gasteiger partial charge in [-0.15, -0.1) is 0 Å². The van der Waals surface area contributed by atoms with Crippen molar-refractivity contribution in [3.8, 4) is 0 Å². The topological polar surface area (TPSA) is 18.8 Å². The van der Waals surface area contributed by atoms with Gasteiger partial charge in [-0.2, -0.15) is 0 Å². The summed E-state index contributed by atoms with van der Waals surface area (Å²) in [6, 6.07) is 4.02. The van der Waals surface area contributed by atoms with Gasteiger partial charge in [0.1, 0.15) is 0 Å². The van der Waals surface area contributed by atoms with E-state index in [0.717, 1.165) is 83.8 Å². The van der Waals surface area contributed by atoms with E-state index >= 15 is 0 Å². The molecule has 4 saturated heterocycles. The van der Waals surface area contributed by atoms with Crippen molar-refractivity contribution in [2.24, 2.45) is 40.5 Å². The fourth-order valence-corrected chi connectivity index (χ4v) is 14.0. The molecular weight excluding hydrogens is 401 g/mol. The molecule has 10 rings (SSSR count). The lowest BCUT2D eigenvalue weighted by atomic mass is 9.26. The quantitative estimate of drug-likeness (QED) is 0.448. The molecule has 0 radical (unpaired) electrons. The Morgan fingerprint density at radius 1 is 0.606 bits per heavy atom. The molecule has 14 unspecified atom stereocenters. The molecule has 33 heavy (non-hydrogen) atoms. The molecule has 5 saturated carbocycles. The Hall–Kier alpha value is -0.665. The summed E-state index contributed by atoms with van der Waals surface area (Å²) in [5.41, 5.74) is 0. The van der Waals surface area contributed by atoms with E-state index in [0.29, 0.717) is 6.04 Å². The van der Waals surface area contributed by atoms with Crippen molar-refractivity contribution >= 4 is 12.7 Å². The van der Waals surface area contributed by atoms with Gasteiger partial charge in [0, 0.05) is 24.0 Å². The molecule has 4 heteroatoms. The zero-order valence-electron chi connectivity index (χ0n) is 20.4. The van der Waals surface area contributed by atoms with E-state index in [-0.39, 0.29) is 0 Å². The van der Waals surface area contributed by atoms with Crippen LogP contribution in [0.5, 0.6) is 0 Å². The average Bonchev–Trinajstić information content (AvgIpc) is 3.51. The van der Waals surface area contributed by atoms with Crippen molar-refractivity contribution in [1.29, 1.82) is 0 Å². The van der Waals surface area contributed by atoms with Gasteiger partial charge in [-0.3, -0.25) is 0 Å². The van der Waals surface area contributed by atoms with Crippen LogP contribution in [0.25, 0.3) is 0 Å². The van der Waals surface area contributed by atoms with E-state index < -0.39 is 0 Å². The molecule has 0 amide bonds. The second-order valence-corrected chi connectivity index (χ2v) is 14.6. The van der Waals surface area contributed by atoms with Gasteiger partial charge in [-0.25, -0.2) is 4.99 Å². The maximum Gasteiger partial charge on any atom is 0.198 e. The minimum atomic E-state index is 0.640. The van der Waals surface area contributed by atoms with Crippen LogP contribution in [0.2, 0.25) is 17.5 Å². The Kier molecular flexibility index (Phi) is 3.48. The minimum absolute atomic E-state index is 0.640. The number of nitrogens with zero attached hydrogens (tertiary/aromatic N) is 3. The summed E-state index contributed by atoms with van der Waals surface area (Å²) in [4.78, 5) is 12.0. The zero-order valence-corrected chi connectivity index (χ0v) is 20.4. The lowest BCUT2D eigenvalue weighted by Gasteiger charge is -2.68. The summed E-state index contributed by atoms with van der Waals surface area (Å²) in [5, 5.41) is 0. The van der Waals surface area contributed by atoms with E-state index in [1.807, 2.05) is 0 Å². The van der Waals surface area contributed by atoms with Crippen LogP contribution in [0.3, 0.4) is 0 Å². The second kappa shape index (κ2) is 6.17. The molecule has 5 aliphatic heterocycles. The molecule has 0 aromatic heterocycles. The fourth-order valence-electron chi connectivity index (χ4n) is 14.0. The molecular formula is C29H42BN3. The normalized spacial score (nSPS) is 60.8. The first-order valence-corrected chi connectivity index (χ1v) is 15.5. The monoisotopic (exact) mass is 443 g/mol. The van der Waals surface area contributed by atoms with Crippen molar-refractivity contribution in [2.75, 3.05) is 0 Å². The van der Waals surface area contributed by atoms with Crippen molar-refractivity contribution in [3.63, 3.8) is 0 Å². The summed E-state index contributed by atoms with van der Waals surface area (Å²) in [6.07, 6.45) is 21.3. The van der Waals surface area contributed by atoms with Crippen LogP contribution in [0, 0.1) is 35.5 Å². The highest BCUT2D eigenvalue weighted by Gasteiger charge is 2.75. The molecule has 0 spiro atoms. The summed E-state index contributed by atoms with van der Waals surface area (Å²) in [7, 11) is 0. The van der Waals surface area contributed by atoms with E-state index in [9.17, 15) is 0 Å². The number of hydrogen-bond donors (Lipinski definition) is 0. The Morgan fingerprint density at radius 3 is 2.27 bits per heavy atom. The molecule has 3 nitrogen and oxygen atoms in total. The molecule has 5 heterocycles. The highest BCUT2D eigenvalue weighted by Crippen LogP contribution is 2.77. The first kappa shape index (κ1) is 18.6. The van der Waals surface area contributed by atoms with E-state index in [4.69, 9.17) is 4.99 Å². The van der Waals surface area contributed by atoms with Gasteiger partial charge in [0.15, 0.2) is 12.7 Å². The van der Waals surface area contributed by atoms with E-state index in [1.165, 1.54) is 51.4 Å². The Balaban J connectivity index is 1.19. The summed E-state index contributed by atoms with van der Waals surface area (Å²) in [6.45, 7) is 1.13. The molecule has 176 valence electrons. The SMILES string of the molecule is C1CCC2C(C1)N=C1N2C2CCCC3CC4C5CCCC6C7CCCC8C7B(C65)C4C(C32)N18. The van der Waals surface area contributed by atoms with Crippen LogP contribution >= 0.6 is 0 Å². The maximum absolute atomic E-state index is 5.73. The zero-order chi connectivity index (χ0) is 21.0. The number of guanidine groups is 1. The van der Waals surface area contributed by atoms with Crippen LogP contribution in [0.4, 0.5) is 0 Å². The van der Waals surface area contributed by atoms with Crippen LogP contribution in [-0.4, -0.2) is 52.7 Å². The first-order valence-electron chi connectivity index (χ1n) is 15.5. The van der Waals surface area contributed by atoms with Gasteiger partial charge in [-0.05, 0) is 79.7 Å². The molecule has 0 aromatic rings. The van der Waals surface area contributed by atoms with Gasteiger partial charge in [0.2, 0.25) is 0 Å². The Labute approximate surface area is 200 Å². The third kappa shape index (κ3) is 1.99. The minimum Gasteiger partial charge on any atom is -0.337 e. The average molecular weight is 443 g/mol. The maximum atomic E-state index is 5.73. The number of aliphatic imine (C=N–C) groups is 1. The predicted molar refractivity (Wildman–Crippen MR) is 133 cm³/mol. The smallest absolute Gasteiger partial charge is 0.198 e. The highest BCUT2D eigenvalue weighted by atomic mass is 15.5. The van der Waals surface area contributed by atoms with E-state index in [2.05, 4.69) is 9.80 Å². The van der Waals surface area contributed by atoms with Crippen molar-refractivity contribution in [2.45, 2.75) is 138 Å². The van der Waals surface area contributed by atoms with Crippen molar-refractivity contribution in [1.82, 2.24) is 9.80 Å². The lowest BCUT2D eigenvalue weighted by Crippen LogP contribution is -2.75. The van der Waals surface area contributed by atoms with Crippen LogP contribution in [0.1, 0.15) is 89.9 Å². The van der Waals surface area contributed by atoms with Crippen LogP contribution < -0.4 is 0 Å². The largest absolute Gasteiger partial charge is 0.337 e.